The van der Waals surface area contributed by atoms with Crippen LogP contribution < -0.4 is 5.32 Å². The van der Waals surface area contributed by atoms with Crippen molar-refractivity contribution in [2.24, 2.45) is 5.92 Å². The summed E-state index contributed by atoms with van der Waals surface area (Å²) in [4.78, 5) is 23.3. The SMILES string of the molecule is C=C(CCl)[C@H]1NC(=O)[C@@H]1[C@@H](C)OC(=O)OCc1ccccc1. The van der Waals surface area contributed by atoms with Gasteiger partial charge in [0.1, 0.15) is 12.7 Å². The summed E-state index contributed by atoms with van der Waals surface area (Å²) in [5, 5.41) is 2.70. The van der Waals surface area contributed by atoms with Crippen LogP contribution in [0.2, 0.25) is 0 Å². The van der Waals surface area contributed by atoms with Crippen LogP contribution >= 0.6 is 11.6 Å². The molecule has 1 N–H and O–H groups in total. The second kappa shape index (κ2) is 7.31. The van der Waals surface area contributed by atoms with E-state index in [1.54, 1.807) is 6.92 Å². The first kappa shape index (κ1) is 16.4. The van der Waals surface area contributed by atoms with Crippen molar-refractivity contribution in [3.8, 4) is 0 Å². The van der Waals surface area contributed by atoms with E-state index in [9.17, 15) is 9.59 Å². The molecule has 1 fully saturated rings. The molecule has 1 saturated heterocycles. The van der Waals surface area contributed by atoms with E-state index in [0.29, 0.717) is 5.57 Å². The summed E-state index contributed by atoms with van der Waals surface area (Å²) < 4.78 is 10.2. The molecule has 1 aliphatic rings. The average Bonchev–Trinajstić information content (AvgIpc) is 2.50. The third-order valence-electron chi connectivity index (χ3n) is 3.56. The Morgan fingerprint density at radius 1 is 1.41 bits per heavy atom. The first-order valence-electron chi connectivity index (χ1n) is 6.94. The Kier molecular flexibility index (Phi) is 5.44. The minimum Gasteiger partial charge on any atom is -0.430 e. The Labute approximate surface area is 134 Å². The van der Waals surface area contributed by atoms with Gasteiger partial charge in [-0.3, -0.25) is 4.79 Å². The van der Waals surface area contributed by atoms with Gasteiger partial charge in [0.25, 0.3) is 0 Å². The normalized spacial score (nSPS) is 21.3. The quantitative estimate of drug-likeness (QED) is 0.378. The molecule has 0 bridgehead atoms. The molecule has 0 aromatic heterocycles. The maximum absolute atomic E-state index is 11.7. The topological polar surface area (TPSA) is 64.6 Å². The van der Waals surface area contributed by atoms with Crippen molar-refractivity contribution in [1.82, 2.24) is 5.32 Å². The highest BCUT2D eigenvalue weighted by Gasteiger charge is 2.45. The van der Waals surface area contributed by atoms with Crippen LogP contribution in [0.15, 0.2) is 42.5 Å². The molecule has 0 unspecified atom stereocenters. The van der Waals surface area contributed by atoms with Gasteiger partial charge in [-0.25, -0.2) is 4.79 Å². The molecule has 118 valence electrons. The number of β-lactam (4-membered cyclic amide) rings is 1. The molecule has 0 aliphatic carbocycles. The highest BCUT2D eigenvalue weighted by molar-refractivity contribution is 6.19. The Balaban J connectivity index is 1.83. The van der Waals surface area contributed by atoms with E-state index in [1.807, 2.05) is 30.3 Å². The van der Waals surface area contributed by atoms with Gasteiger partial charge in [0.15, 0.2) is 0 Å². The van der Waals surface area contributed by atoms with Gasteiger partial charge in [0, 0.05) is 5.88 Å². The summed E-state index contributed by atoms with van der Waals surface area (Å²) in [5.74, 6) is -0.415. The number of nitrogens with one attached hydrogen (secondary N) is 1. The van der Waals surface area contributed by atoms with Crippen LogP contribution in [0, 0.1) is 5.92 Å². The Morgan fingerprint density at radius 3 is 2.68 bits per heavy atom. The smallest absolute Gasteiger partial charge is 0.430 e. The second-order valence-electron chi connectivity index (χ2n) is 5.15. The summed E-state index contributed by atoms with van der Waals surface area (Å²) in [6, 6.07) is 9.01. The number of rotatable bonds is 6. The number of alkyl halides is 1. The summed E-state index contributed by atoms with van der Waals surface area (Å²) in [6.45, 7) is 5.58. The van der Waals surface area contributed by atoms with Crippen molar-refractivity contribution in [3.05, 3.63) is 48.0 Å². The molecule has 2 rings (SSSR count). The fourth-order valence-electron chi connectivity index (χ4n) is 2.29. The van der Waals surface area contributed by atoms with Crippen LogP contribution in [0.25, 0.3) is 0 Å². The van der Waals surface area contributed by atoms with E-state index in [0.717, 1.165) is 5.56 Å². The van der Waals surface area contributed by atoms with Crippen LogP contribution in [0.1, 0.15) is 12.5 Å². The Bertz CT molecular complexity index is 561. The van der Waals surface area contributed by atoms with Gasteiger partial charge in [-0.1, -0.05) is 36.9 Å². The van der Waals surface area contributed by atoms with Crippen LogP contribution in [0.4, 0.5) is 4.79 Å². The van der Waals surface area contributed by atoms with Gasteiger partial charge >= 0.3 is 6.16 Å². The standard InChI is InChI=1S/C16H18ClNO4/c1-10(8-17)14-13(15(19)18-14)11(2)22-16(20)21-9-12-6-4-3-5-7-12/h3-7,11,13-14H,1,8-9H2,2H3,(H,18,19)/t11-,13-,14-/m1/s1. The molecule has 22 heavy (non-hydrogen) atoms. The largest absolute Gasteiger partial charge is 0.508 e. The van der Waals surface area contributed by atoms with E-state index < -0.39 is 18.2 Å². The minimum absolute atomic E-state index is 0.126. The molecule has 6 heteroatoms. The van der Waals surface area contributed by atoms with E-state index >= 15 is 0 Å². The van der Waals surface area contributed by atoms with Crippen molar-refractivity contribution in [1.29, 1.82) is 0 Å². The van der Waals surface area contributed by atoms with Crippen molar-refractivity contribution >= 4 is 23.7 Å². The average molecular weight is 324 g/mol. The number of amides is 1. The van der Waals surface area contributed by atoms with Crippen LogP contribution in [-0.2, 0) is 20.9 Å². The van der Waals surface area contributed by atoms with Gasteiger partial charge in [-0.2, -0.15) is 0 Å². The number of hydrogen-bond acceptors (Lipinski definition) is 4. The zero-order valence-corrected chi connectivity index (χ0v) is 13.0. The number of benzene rings is 1. The summed E-state index contributed by atoms with van der Waals surface area (Å²) in [7, 11) is 0. The van der Waals surface area contributed by atoms with Crippen molar-refractivity contribution in [2.45, 2.75) is 25.7 Å². The third-order valence-corrected chi connectivity index (χ3v) is 3.90. The van der Waals surface area contributed by atoms with Gasteiger partial charge in [-0.05, 0) is 18.1 Å². The maximum atomic E-state index is 11.7. The maximum Gasteiger partial charge on any atom is 0.508 e. The lowest BCUT2D eigenvalue weighted by Gasteiger charge is -2.40. The molecule has 0 spiro atoms. The Morgan fingerprint density at radius 2 is 2.09 bits per heavy atom. The predicted octanol–water partition coefficient (Wildman–Crippen LogP) is 2.64. The summed E-state index contributed by atoms with van der Waals surface area (Å²) in [5.41, 5.74) is 1.56. The molecular weight excluding hydrogens is 306 g/mol. The van der Waals surface area contributed by atoms with Gasteiger partial charge in [-0.15, -0.1) is 11.6 Å². The molecule has 1 aliphatic heterocycles. The molecule has 5 nitrogen and oxygen atoms in total. The predicted molar refractivity (Wildman–Crippen MR) is 82.5 cm³/mol. The van der Waals surface area contributed by atoms with Crippen molar-refractivity contribution in [3.63, 3.8) is 0 Å². The lowest BCUT2D eigenvalue weighted by Crippen LogP contribution is -2.63. The monoisotopic (exact) mass is 323 g/mol. The number of halogens is 1. The number of carbonyl (C=O) groups excluding carboxylic acids is 2. The van der Waals surface area contributed by atoms with E-state index in [2.05, 4.69) is 11.9 Å². The molecule has 1 amide bonds. The molecule has 0 radical (unpaired) electrons. The minimum atomic E-state index is -0.800. The fourth-order valence-corrected chi connectivity index (χ4v) is 2.46. The number of carbonyl (C=O) groups is 2. The number of ether oxygens (including phenoxy) is 2. The molecule has 0 saturated carbocycles. The van der Waals surface area contributed by atoms with E-state index in [-0.39, 0.29) is 24.4 Å². The van der Waals surface area contributed by atoms with Crippen LogP contribution in [0.3, 0.4) is 0 Å². The van der Waals surface area contributed by atoms with Crippen molar-refractivity contribution in [2.75, 3.05) is 5.88 Å². The zero-order chi connectivity index (χ0) is 16.1. The highest BCUT2D eigenvalue weighted by atomic mass is 35.5. The molecule has 1 aromatic carbocycles. The molecule has 1 aromatic rings. The molecule has 1 heterocycles. The van der Waals surface area contributed by atoms with Gasteiger partial charge in [0.2, 0.25) is 5.91 Å². The van der Waals surface area contributed by atoms with E-state index in [1.165, 1.54) is 0 Å². The summed E-state index contributed by atoms with van der Waals surface area (Å²) in [6.07, 6.45) is -1.41. The zero-order valence-electron chi connectivity index (χ0n) is 12.3. The second-order valence-corrected chi connectivity index (χ2v) is 5.42. The molecule has 3 atom stereocenters. The number of hydrogen-bond donors (Lipinski definition) is 1. The lowest BCUT2D eigenvalue weighted by atomic mass is 9.82. The van der Waals surface area contributed by atoms with Crippen LogP contribution in [-0.4, -0.2) is 30.1 Å². The third kappa shape index (κ3) is 3.80. The Hall–Kier alpha value is -2.01. The first-order valence-corrected chi connectivity index (χ1v) is 7.47. The van der Waals surface area contributed by atoms with Crippen molar-refractivity contribution < 1.29 is 19.1 Å². The van der Waals surface area contributed by atoms with Crippen LogP contribution in [0.5, 0.6) is 0 Å². The molecular formula is C16H18ClNO4. The lowest BCUT2D eigenvalue weighted by molar-refractivity contribution is -0.139. The summed E-state index contributed by atoms with van der Waals surface area (Å²) >= 11 is 5.72. The highest BCUT2D eigenvalue weighted by Crippen LogP contribution is 2.27. The fraction of sp³-hybridized carbons (Fsp3) is 0.375. The van der Waals surface area contributed by atoms with E-state index in [4.69, 9.17) is 21.1 Å². The van der Waals surface area contributed by atoms with Gasteiger partial charge < -0.3 is 14.8 Å². The van der Waals surface area contributed by atoms with Gasteiger partial charge in [0.05, 0.1) is 12.0 Å². The first-order chi connectivity index (χ1) is 10.5.